The molecule has 0 aliphatic rings. The molecule has 0 saturated carbocycles. The van der Waals surface area contributed by atoms with Gasteiger partial charge in [0.15, 0.2) is 0 Å². The Morgan fingerprint density at radius 3 is 0.923 bits per heavy atom. The lowest BCUT2D eigenvalue weighted by Crippen LogP contribution is -2.23. The Morgan fingerprint density at radius 2 is 0.692 bits per heavy atom. The van der Waals surface area contributed by atoms with Crippen LogP contribution >= 0.6 is 7.94 Å². The van der Waals surface area contributed by atoms with Crippen molar-refractivity contribution in [2.45, 2.75) is 135 Å². The van der Waals surface area contributed by atoms with Crippen molar-refractivity contribution < 1.29 is 14.7 Å². The van der Waals surface area contributed by atoms with E-state index in [1.807, 2.05) is 0 Å². The average molecular weight is 390 g/mol. The molecule has 0 atom stereocenters. The van der Waals surface area contributed by atoms with Crippen molar-refractivity contribution in [2.24, 2.45) is 0 Å². The van der Waals surface area contributed by atoms with E-state index in [4.69, 9.17) is 4.89 Å². The number of hydrogen-bond donors (Lipinski definition) is 1. The van der Waals surface area contributed by atoms with Crippen molar-refractivity contribution in [3.63, 3.8) is 0 Å². The van der Waals surface area contributed by atoms with Crippen LogP contribution in [0.4, 0.5) is 0 Å². The van der Waals surface area contributed by atoms with Crippen LogP contribution in [0.2, 0.25) is 0 Å². The van der Waals surface area contributed by atoms with Gasteiger partial charge in [0.1, 0.15) is 0 Å². The molecule has 0 radical (unpaired) electrons. The number of unbranched alkanes of at least 4 members (excludes halogenated alkanes) is 19. The highest BCUT2D eigenvalue weighted by Crippen LogP contribution is 2.34. The predicted octanol–water partition coefficient (Wildman–Crippen LogP) is 6.28. The number of rotatable bonds is 21. The molecule has 0 aromatic rings. The van der Waals surface area contributed by atoms with Crippen molar-refractivity contribution in [3.8, 4) is 0 Å². The first kappa shape index (κ1) is 26.3. The Morgan fingerprint density at radius 1 is 0.462 bits per heavy atom. The van der Waals surface area contributed by atoms with Crippen LogP contribution in [-0.2, 0) is 0 Å². The van der Waals surface area contributed by atoms with E-state index in [0.717, 1.165) is 12.8 Å². The minimum atomic E-state index is -4.01. The first-order chi connectivity index (χ1) is 12.6. The standard InChI is InChI=1S/C22H47O3P/c1-2-3-4-5-6-7-8-9-10-11-12-13-14-15-16-17-18-19-20-21-22-26(23,24)25/h2-22H2,1H3,(H2,23,24,25)/p-1. The Labute approximate surface area is 164 Å². The van der Waals surface area contributed by atoms with Gasteiger partial charge < -0.3 is 9.79 Å². The Bertz CT molecular complexity index is 267. The molecular formula is C22H46O3P-. The molecule has 0 aliphatic heterocycles. The van der Waals surface area contributed by atoms with Crippen LogP contribution in [-0.4, -0.2) is 11.1 Å². The maximum absolute atomic E-state index is 10.6. The summed E-state index contributed by atoms with van der Waals surface area (Å²) in [7, 11) is -4.01. The molecule has 3 nitrogen and oxygen atoms in total. The fourth-order valence-electron chi connectivity index (χ4n) is 3.57. The van der Waals surface area contributed by atoms with Gasteiger partial charge in [-0.2, -0.15) is 0 Å². The van der Waals surface area contributed by atoms with Gasteiger partial charge >= 0.3 is 0 Å². The summed E-state index contributed by atoms with van der Waals surface area (Å²) in [5, 5.41) is 0. The van der Waals surface area contributed by atoms with Crippen LogP contribution in [0.3, 0.4) is 0 Å². The molecule has 1 N–H and O–H groups in total. The van der Waals surface area contributed by atoms with Gasteiger partial charge in [0.05, 0.1) is 6.16 Å². The molecule has 4 heteroatoms. The lowest BCUT2D eigenvalue weighted by atomic mass is 10.0. The molecule has 0 amide bonds. The van der Waals surface area contributed by atoms with Crippen molar-refractivity contribution in [2.75, 3.05) is 6.16 Å². The maximum Gasteiger partial charge on any atom is 0.0762 e. The predicted molar refractivity (Wildman–Crippen MR) is 112 cm³/mol. The van der Waals surface area contributed by atoms with E-state index in [1.165, 1.54) is 109 Å². The summed E-state index contributed by atoms with van der Waals surface area (Å²) in [5.74, 6) is 0. The van der Waals surface area contributed by atoms with Crippen molar-refractivity contribution in [3.05, 3.63) is 0 Å². The van der Waals surface area contributed by atoms with Crippen molar-refractivity contribution in [1.82, 2.24) is 0 Å². The third-order valence-corrected chi connectivity index (χ3v) is 6.18. The monoisotopic (exact) mass is 389 g/mol. The molecule has 0 aromatic heterocycles. The fraction of sp³-hybridized carbons (Fsp3) is 1.00. The van der Waals surface area contributed by atoms with Gasteiger partial charge in [-0.3, -0.25) is 4.89 Å². The lowest BCUT2D eigenvalue weighted by Gasteiger charge is -2.27. The van der Waals surface area contributed by atoms with E-state index in [9.17, 15) is 9.79 Å². The molecule has 0 unspecified atom stereocenters. The van der Waals surface area contributed by atoms with Gasteiger partial charge in [0, 0.05) is 7.94 Å². The SMILES string of the molecule is CCCCCCCCCCCCCCCCCCCCCC[P+]([O-])([O-])O. The van der Waals surface area contributed by atoms with Gasteiger partial charge in [-0.1, -0.05) is 122 Å². The summed E-state index contributed by atoms with van der Waals surface area (Å²) in [5.41, 5.74) is 0. The van der Waals surface area contributed by atoms with Gasteiger partial charge in [0.25, 0.3) is 0 Å². The zero-order valence-electron chi connectivity index (χ0n) is 17.6. The first-order valence-corrected chi connectivity index (χ1v) is 13.4. The van der Waals surface area contributed by atoms with E-state index in [2.05, 4.69) is 6.92 Å². The van der Waals surface area contributed by atoms with Gasteiger partial charge in [-0.05, 0) is 12.8 Å². The van der Waals surface area contributed by atoms with Gasteiger partial charge in [-0.15, -0.1) is 0 Å². The highest BCUT2D eigenvalue weighted by Gasteiger charge is 2.05. The van der Waals surface area contributed by atoms with Crippen LogP contribution in [0.5, 0.6) is 0 Å². The summed E-state index contributed by atoms with van der Waals surface area (Å²) >= 11 is 0. The van der Waals surface area contributed by atoms with E-state index in [1.54, 1.807) is 0 Å². The highest BCUT2D eigenvalue weighted by atomic mass is 31.2. The third kappa shape index (κ3) is 24.3. The van der Waals surface area contributed by atoms with E-state index in [0.29, 0.717) is 6.42 Å². The molecular weight excluding hydrogens is 343 g/mol. The van der Waals surface area contributed by atoms with Crippen molar-refractivity contribution in [1.29, 1.82) is 0 Å². The smallest absolute Gasteiger partial charge is 0.0762 e. The van der Waals surface area contributed by atoms with Gasteiger partial charge in [0.2, 0.25) is 0 Å². The summed E-state index contributed by atoms with van der Waals surface area (Å²) in [6, 6.07) is 0. The van der Waals surface area contributed by atoms with E-state index < -0.39 is 7.94 Å². The molecule has 0 aromatic carbocycles. The molecule has 0 heterocycles. The second-order valence-corrected chi connectivity index (χ2v) is 9.80. The Kier molecular flexibility index (Phi) is 20.3. The molecule has 0 fully saturated rings. The first-order valence-electron chi connectivity index (χ1n) is 11.6. The van der Waals surface area contributed by atoms with E-state index in [-0.39, 0.29) is 6.16 Å². The molecule has 0 bridgehead atoms. The van der Waals surface area contributed by atoms with Crippen LogP contribution in [0, 0.1) is 0 Å². The van der Waals surface area contributed by atoms with E-state index >= 15 is 0 Å². The topological polar surface area (TPSA) is 66.3 Å². The van der Waals surface area contributed by atoms with Crippen LogP contribution in [0.15, 0.2) is 0 Å². The molecule has 158 valence electrons. The molecule has 26 heavy (non-hydrogen) atoms. The second kappa shape index (κ2) is 20.1. The Hall–Kier alpha value is 0.310. The molecule has 0 saturated heterocycles. The number of hydrogen-bond acceptors (Lipinski definition) is 3. The zero-order chi connectivity index (χ0) is 19.3. The summed E-state index contributed by atoms with van der Waals surface area (Å²) in [6.07, 6.45) is 26.2. The average Bonchev–Trinajstić information content (AvgIpc) is 2.59. The fourth-order valence-corrected chi connectivity index (χ4v) is 4.19. The normalized spacial score (nSPS) is 12.0. The van der Waals surface area contributed by atoms with Crippen LogP contribution in [0.1, 0.15) is 135 Å². The minimum Gasteiger partial charge on any atom is -0.660 e. The maximum atomic E-state index is 10.6. The summed E-state index contributed by atoms with van der Waals surface area (Å²) < 4.78 is 0. The zero-order valence-corrected chi connectivity index (χ0v) is 18.5. The lowest BCUT2D eigenvalue weighted by molar-refractivity contribution is -0.331. The van der Waals surface area contributed by atoms with Crippen LogP contribution < -0.4 is 9.79 Å². The summed E-state index contributed by atoms with van der Waals surface area (Å²) in [6.45, 7) is 2.28. The minimum absolute atomic E-state index is 0.0496. The molecule has 0 rings (SSSR count). The molecule has 0 spiro atoms. The highest BCUT2D eigenvalue weighted by molar-refractivity contribution is 7.55. The molecule has 0 aliphatic carbocycles. The van der Waals surface area contributed by atoms with Gasteiger partial charge in [-0.25, -0.2) is 0 Å². The quantitative estimate of drug-likeness (QED) is 0.185. The van der Waals surface area contributed by atoms with Crippen molar-refractivity contribution >= 4 is 7.94 Å². The third-order valence-electron chi connectivity index (χ3n) is 5.29. The second-order valence-electron chi connectivity index (χ2n) is 8.08. The Balaban J connectivity index is 3.01. The summed E-state index contributed by atoms with van der Waals surface area (Å²) in [4.78, 5) is 29.9. The van der Waals surface area contributed by atoms with Crippen LogP contribution in [0.25, 0.3) is 0 Å². The largest absolute Gasteiger partial charge is 0.660 e.